The smallest absolute Gasteiger partial charge is 0.243 e. The molecule has 19 heavy (non-hydrogen) atoms. The normalized spacial score (nSPS) is 14.6. The van der Waals surface area contributed by atoms with Gasteiger partial charge in [-0.3, -0.25) is 9.69 Å². The molecule has 0 saturated heterocycles. The Labute approximate surface area is 116 Å². The van der Waals surface area contributed by atoms with Crippen LogP contribution in [0.4, 0.5) is 0 Å². The van der Waals surface area contributed by atoms with Gasteiger partial charge in [0.2, 0.25) is 5.91 Å². The molecule has 0 saturated carbocycles. The molecule has 1 aromatic rings. The van der Waals surface area contributed by atoms with E-state index in [1.807, 2.05) is 30.3 Å². The summed E-state index contributed by atoms with van der Waals surface area (Å²) in [5.74, 6) is -0.347. The highest BCUT2D eigenvalue weighted by Crippen LogP contribution is 2.23. The Kier molecular flexibility index (Phi) is 5.51. The van der Waals surface area contributed by atoms with Gasteiger partial charge in [-0.2, -0.15) is 0 Å². The summed E-state index contributed by atoms with van der Waals surface area (Å²) in [6.07, 6.45) is 0. The number of carbonyl (C=O) groups is 1. The number of hydrogen-bond donors (Lipinski definition) is 2. The molecule has 0 aromatic heterocycles. The summed E-state index contributed by atoms with van der Waals surface area (Å²) in [4.78, 5) is 14.3. The number of carbonyl (C=O) groups excluding carboxylic acids is 1. The van der Waals surface area contributed by atoms with Crippen LogP contribution in [0.3, 0.4) is 0 Å². The summed E-state index contributed by atoms with van der Waals surface area (Å²) in [7, 11) is 1.78. The Morgan fingerprint density at radius 2 is 1.95 bits per heavy atom. The number of amides is 1. The lowest BCUT2D eigenvalue weighted by Gasteiger charge is -2.37. The van der Waals surface area contributed by atoms with E-state index in [-0.39, 0.29) is 5.91 Å². The van der Waals surface area contributed by atoms with E-state index >= 15 is 0 Å². The summed E-state index contributed by atoms with van der Waals surface area (Å²) in [5.41, 5.74) is 5.75. The first kappa shape index (κ1) is 15.7. The lowest BCUT2D eigenvalue weighted by atomic mass is 9.88. The molecule has 0 heterocycles. The fourth-order valence-corrected chi connectivity index (χ4v) is 2.34. The van der Waals surface area contributed by atoms with Crippen molar-refractivity contribution >= 4 is 5.91 Å². The topological polar surface area (TPSA) is 58.4 Å². The fraction of sp³-hybridized carbons (Fsp3) is 0.533. The molecule has 1 rings (SSSR count). The summed E-state index contributed by atoms with van der Waals surface area (Å²) < 4.78 is 0. The van der Waals surface area contributed by atoms with Crippen LogP contribution in [-0.4, -0.2) is 37.0 Å². The van der Waals surface area contributed by atoms with Gasteiger partial charge in [0.25, 0.3) is 0 Å². The minimum Gasteiger partial charge on any atom is -0.368 e. The number of benzene rings is 1. The van der Waals surface area contributed by atoms with Crippen LogP contribution in [-0.2, 0) is 10.3 Å². The highest BCUT2D eigenvalue weighted by molar-refractivity contribution is 5.86. The number of nitrogens with two attached hydrogens (primary N) is 1. The summed E-state index contributed by atoms with van der Waals surface area (Å²) in [6.45, 7) is 7.77. The van der Waals surface area contributed by atoms with Gasteiger partial charge in [-0.05, 0) is 33.0 Å². The lowest BCUT2D eigenvalue weighted by molar-refractivity contribution is -0.125. The molecule has 0 aliphatic carbocycles. The SMILES string of the molecule is CCN(CC(NC)(C(N)=O)c1ccccc1)C(C)C. The molecule has 106 valence electrons. The van der Waals surface area contributed by atoms with E-state index in [9.17, 15) is 4.79 Å². The Bertz CT molecular complexity index is 405. The van der Waals surface area contributed by atoms with Crippen molar-refractivity contribution in [3.05, 3.63) is 35.9 Å². The van der Waals surface area contributed by atoms with Crippen LogP contribution >= 0.6 is 0 Å². The molecule has 0 spiro atoms. The Morgan fingerprint density at radius 3 is 2.32 bits per heavy atom. The fourth-order valence-electron chi connectivity index (χ4n) is 2.34. The molecule has 1 amide bonds. The molecule has 0 aliphatic rings. The summed E-state index contributed by atoms with van der Waals surface area (Å²) in [6, 6.07) is 10.0. The Hall–Kier alpha value is -1.39. The third-order valence-corrected chi connectivity index (χ3v) is 3.69. The van der Waals surface area contributed by atoms with Gasteiger partial charge in [-0.15, -0.1) is 0 Å². The van der Waals surface area contributed by atoms with Crippen LogP contribution in [0, 0.1) is 0 Å². The monoisotopic (exact) mass is 263 g/mol. The molecule has 0 radical (unpaired) electrons. The number of rotatable bonds is 7. The molecule has 1 aromatic carbocycles. The van der Waals surface area contributed by atoms with Crippen molar-refractivity contribution in [3.63, 3.8) is 0 Å². The van der Waals surface area contributed by atoms with Crippen molar-refractivity contribution in [2.75, 3.05) is 20.1 Å². The van der Waals surface area contributed by atoms with Gasteiger partial charge < -0.3 is 11.1 Å². The zero-order valence-electron chi connectivity index (χ0n) is 12.3. The van der Waals surface area contributed by atoms with Crippen LogP contribution in [0.25, 0.3) is 0 Å². The van der Waals surface area contributed by atoms with E-state index in [1.165, 1.54) is 0 Å². The minimum atomic E-state index is -0.846. The van der Waals surface area contributed by atoms with Crippen molar-refractivity contribution in [2.24, 2.45) is 5.73 Å². The molecule has 0 aliphatic heterocycles. The van der Waals surface area contributed by atoms with Crippen LogP contribution in [0.1, 0.15) is 26.3 Å². The highest BCUT2D eigenvalue weighted by atomic mass is 16.1. The first-order valence-electron chi connectivity index (χ1n) is 6.76. The first-order chi connectivity index (χ1) is 8.97. The van der Waals surface area contributed by atoms with E-state index < -0.39 is 5.54 Å². The maximum Gasteiger partial charge on any atom is 0.243 e. The molecular formula is C15H25N3O. The van der Waals surface area contributed by atoms with Crippen LogP contribution in [0.5, 0.6) is 0 Å². The molecular weight excluding hydrogens is 238 g/mol. The quantitative estimate of drug-likeness (QED) is 0.780. The largest absolute Gasteiger partial charge is 0.368 e. The second-order valence-electron chi connectivity index (χ2n) is 5.04. The maximum atomic E-state index is 12.1. The van der Waals surface area contributed by atoms with Gasteiger partial charge in [0, 0.05) is 12.6 Å². The molecule has 0 bridgehead atoms. The van der Waals surface area contributed by atoms with Crippen molar-refractivity contribution < 1.29 is 4.79 Å². The molecule has 4 heteroatoms. The van der Waals surface area contributed by atoms with Crippen molar-refractivity contribution in [3.8, 4) is 0 Å². The third kappa shape index (κ3) is 3.33. The predicted molar refractivity (Wildman–Crippen MR) is 78.8 cm³/mol. The average Bonchev–Trinajstić information content (AvgIpc) is 2.40. The average molecular weight is 263 g/mol. The van der Waals surface area contributed by atoms with Gasteiger partial charge in [0.1, 0.15) is 5.54 Å². The van der Waals surface area contributed by atoms with Crippen LogP contribution in [0.15, 0.2) is 30.3 Å². The first-order valence-corrected chi connectivity index (χ1v) is 6.76. The van der Waals surface area contributed by atoms with Gasteiger partial charge in [0.05, 0.1) is 0 Å². The Morgan fingerprint density at radius 1 is 1.37 bits per heavy atom. The van der Waals surface area contributed by atoms with E-state index in [0.717, 1.165) is 12.1 Å². The number of likely N-dealkylation sites (N-methyl/N-ethyl adjacent to an activating group) is 2. The van der Waals surface area contributed by atoms with Crippen molar-refractivity contribution in [2.45, 2.75) is 32.4 Å². The van der Waals surface area contributed by atoms with Gasteiger partial charge in [-0.1, -0.05) is 37.3 Å². The van der Waals surface area contributed by atoms with E-state index in [1.54, 1.807) is 7.05 Å². The van der Waals surface area contributed by atoms with Crippen molar-refractivity contribution in [1.29, 1.82) is 0 Å². The third-order valence-electron chi connectivity index (χ3n) is 3.69. The second-order valence-corrected chi connectivity index (χ2v) is 5.04. The molecule has 1 unspecified atom stereocenters. The van der Waals surface area contributed by atoms with Gasteiger partial charge >= 0.3 is 0 Å². The van der Waals surface area contributed by atoms with Gasteiger partial charge in [0.15, 0.2) is 0 Å². The predicted octanol–water partition coefficient (Wildman–Crippen LogP) is 1.32. The van der Waals surface area contributed by atoms with Crippen LogP contribution in [0.2, 0.25) is 0 Å². The molecule has 3 N–H and O–H groups in total. The maximum absolute atomic E-state index is 12.1. The summed E-state index contributed by atoms with van der Waals surface area (Å²) in [5, 5.41) is 3.13. The lowest BCUT2D eigenvalue weighted by Crippen LogP contribution is -2.58. The minimum absolute atomic E-state index is 0.347. The van der Waals surface area contributed by atoms with E-state index in [2.05, 4.69) is 31.0 Å². The number of nitrogens with one attached hydrogen (secondary N) is 1. The number of hydrogen-bond acceptors (Lipinski definition) is 3. The summed E-state index contributed by atoms with van der Waals surface area (Å²) >= 11 is 0. The van der Waals surface area contributed by atoms with Crippen molar-refractivity contribution in [1.82, 2.24) is 10.2 Å². The van der Waals surface area contributed by atoms with E-state index in [0.29, 0.717) is 12.6 Å². The molecule has 0 fully saturated rings. The number of primary amides is 1. The zero-order valence-corrected chi connectivity index (χ0v) is 12.3. The highest BCUT2D eigenvalue weighted by Gasteiger charge is 2.38. The standard InChI is InChI=1S/C15H25N3O/c1-5-18(12(2)3)11-15(17-4,14(16)19)13-9-7-6-8-10-13/h6-10,12,17H,5,11H2,1-4H3,(H2,16,19). The van der Waals surface area contributed by atoms with Crippen LogP contribution < -0.4 is 11.1 Å². The van der Waals surface area contributed by atoms with E-state index in [4.69, 9.17) is 5.73 Å². The zero-order chi connectivity index (χ0) is 14.5. The molecule has 4 nitrogen and oxygen atoms in total. The molecule has 1 atom stereocenters. The van der Waals surface area contributed by atoms with Gasteiger partial charge in [-0.25, -0.2) is 0 Å². The second kappa shape index (κ2) is 6.68. The Balaban J connectivity index is 3.17. The number of nitrogens with zero attached hydrogens (tertiary/aromatic N) is 1.